The highest BCUT2D eigenvalue weighted by Crippen LogP contribution is 2.06. The van der Waals surface area contributed by atoms with E-state index in [1.807, 2.05) is 0 Å². The summed E-state index contributed by atoms with van der Waals surface area (Å²) < 4.78 is 4.99. The van der Waals surface area contributed by atoms with Gasteiger partial charge in [0.2, 0.25) is 0 Å². The molecule has 1 aromatic rings. The molecule has 0 bridgehead atoms. The van der Waals surface area contributed by atoms with Crippen molar-refractivity contribution < 1.29 is 9.53 Å². The lowest BCUT2D eigenvalue weighted by Gasteiger charge is -2.16. The molecule has 4 nitrogen and oxygen atoms in total. The summed E-state index contributed by atoms with van der Waals surface area (Å²) in [4.78, 5) is 11.1. The highest BCUT2D eigenvalue weighted by atomic mass is 16.6. The van der Waals surface area contributed by atoms with Crippen molar-refractivity contribution in [3.8, 4) is 11.8 Å². The molecule has 1 rings (SSSR count). The molecule has 0 aromatic carbocycles. The lowest BCUT2D eigenvalue weighted by molar-refractivity contribution is -0.147. The molecule has 1 aromatic heterocycles. The minimum Gasteiger partial charge on any atom is -0.450 e. The zero-order chi connectivity index (χ0) is 10.6. The molecule has 0 saturated carbocycles. The number of H-pyrrole nitrogens is 1. The summed E-state index contributed by atoms with van der Waals surface area (Å²) >= 11 is 0. The van der Waals surface area contributed by atoms with Gasteiger partial charge >= 0.3 is 5.97 Å². The molecule has 4 heteroatoms. The molecule has 1 N–H and O–H groups in total. The normalized spacial score (nSPS) is 10.2. The minimum atomic E-state index is -0.529. The molecule has 0 saturated heterocycles. The van der Waals surface area contributed by atoms with Crippen molar-refractivity contribution in [2.45, 2.75) is 26.4 Å². The fourth-order valence-electron chi connectivity index (χ4n) is 0.746. The first-order valence-electron chi connectivity index (χ1n) is 4.21. The van der Waals surface area contributed by atoms with E-state index < -0.39 is 11.6 Å². The molecule has 0 spiro atoms. The number of nitrogens with zero attached hydrogens (tertiary/aromatic N) is 1. The number of rotatable bonds is 0. The van der Waals surface area contributed by atoms with Crippen LogP contribution >= 0.6 is 0 Å². The van der Waals surface area contributed by atoms with Gasteiger partial charge in [0, 0.05) is 12.1 Å². The standard InChI is InChI=1S/C10H12N2O2/c1-10(2,3)14-9(13)5-4-8-6-11-12-7-8/h6-7H,1-3H3,(H,11,12). The second-order valence-corrected chi connectivity index (χ2v) is 3.74. The number of hydrogen-bond acceptors (Lipinski definition) is 3. The van der Waals surface area contributed by atoms with Crippen LogP contribution in [0.4, 0.5) is 0 Å². The first-order chi connectivity index (χ1) is 6.47. The van der Waals surface area contributed by atoms with Gasteiger partial charge in [-0.3, -0.25) is 5.10 Å². The molecule has 0 aliphatic rings. The monoisotopic (exact) mass is 192 g/mol. The van der Waals surface area contributed by atoms with E-state index in [2.05, 4.69) is 22.0 Å². The lowest BCUT2D eigenvalue weighted by atomic mass is 10.2. The first-order valence-corrected chi connectivity index (χ1v) is 4.21. The van der Waals surface area contributed by atoms with Crippen LogP contribution in [0, 0.1) is 11.8 Å². The fraction of sp³-hybridized carbons (Fsp3) is 0.400. The van der Waals surface area contributed by atoms with Crippen LogP contribution in [0.15, 0.2) is 12.4 Å². The lowest BCUT2D eigenvalue weighted by Crippen LogP contribution is -2.22. The van der Waals surface area contributed by atoms with Crippen molar-refractivity contribution >= 4 is 5.97 Å². The summed E-state index contributed by atoms with van der Waals surface area (Å²) in [5.74, 6) is 4.47. The Labute approximate surface area is 82.7 Å². The molecule has 0 unspecified atom stereocenters. The van der Waals surface area contributed by atoms with Crippen molar-refractivity contribution in [2.75, 3.05) is 0 Å². The predicted molar refractivity (Wildman–Crippen MR) is 51.3 cm³/mol. The maximum Gasteiger partial charge on any atom is 0.385 e. The van der Waals surface area contributed by atoms with E-state index in [0.717, 1.165) is 0 Å². The third-order valence-electron chi connectivity index (χ3n) is 1.21. The third kappa shape index (κ3) is 3.76. The van der Waals surface area contributed by atoms with Crippen LogP contribution in [-0.4, -0.2) is 21.8 Å². The molecular formula is C10H12N2O2. The number of esters is 1. The van der Waals surface area contributed by atoms with E-state index >= 15 is 0 Å². The number of aromatic nitrogens is 2. The number of aromatic amines is 1. The molecule has 0 amide bonds. The maximum atomic E-state index is 11.1. The van der Waals surface area contributed by atoms with Crippen molar-refractivity contribution in [1.82, 2.24) is 10.2 Å². The van der Waals surface area contributed by atoms with E-state index in [-0.39, 0.29) is 0 Å². The topological polar surface area (TPSA) is 55.0 Å². The smallest absolute Gasteiger partial charge is 0.385 e. The quantitative estimate of drug-likeness (QED) is 0.494. The number of carbonyl (C=O) groups excluding carboxylic acids is 1. The van der Waals surface area contributed by atoms with Crippen molar-refractivity contribution in [3.05, 3.63) is 18.0 Å². The molecule has 1 heterocycles. The third-order valence-corrected chi connectivity index (χ3v) is 1.21. The molecule has 14 heavy (non-hydrogen) atoms. The molecular weight excluding hydrogens is 180 g/mol. The van der Waals surface area contributed by atoms with Crippen LogP contribution in [0.5, 0.6) is 0 Å². The second-order valence-electron chi connectivity index (χ2n) is 3.74. The molecule has 0 aliphatic heterocycles. The Bertz CT molecular complexity index is 363. The van der Waals surface area contributed by atoms with Crippen LogP contribution in [0.25, 0.3) is 0 Å². The SMILES string of the molecule is CC(C)(C)OC(=O)C#Cc1cn[nH]c1. The van der Waals surface area contributed by atoms with Crippen LogP contribution in [0.3, 0.4) is 0 Å². The molecule has 0 fully saturated rings. The van der Waals surface area contributed by atoms with Gasteiger partial charge in [0.1, 0.15) is 5.60 Å². The summed E-state index contributed by atoms with van der Waals surface area (Å²) in [7, 11) is 0. The summed E-state index contributed by atoms with van der Waals surface area (Å²) in [6.07, 6.45) is 3.15. The van der Waals surface area contributed by atoms with E-state index in [0.29, 0.717) is 5.56 Å². The number of ether oxygens (including phenoxy) is 1. The van der Waals surface area contributed by atoms with Crippen LogP contribution in [-0.2, 0) is 9.53 Å². The molecule has 0 aliphatic carbocycles. The van der Waals surface area contributed by atoms with Crippen LogP contribution < -0.4 is 0 Å². The average Bonchev–Trinajstić information content (AvgIpc) is 2.49. The van der Waals surface area contributed by atoms with E-state index in [4.69, 9.17) is 4.74 Å². The summed E-state index contributed by atoms with van der Waals surface area (Å²) in [5.41, 5.74) is 0.165. The predicted octanol–water partition coefficient (Wildman–Crippen LogP) is 1.10. The maximum absolute atomic E-state index is 11.1. The molecule has 74 valence electrons. The van der Waals surface area contributed by atoms with Gasteiger partial charge in [-0.25, -0.2) is 4.79 Å². The molecule has 0 atom stereocenters. The zero-order valence-electron chi connectivity index (χ0n) is 8.42. The van der Waals surface area contributed by atoms with Gasteiger partial charge in [-0.05, 0) is 20.8 Å². The van der Waals surface area contributed by atoms with Gasteiger partial charge in [-0.2, -0.15) is 5.10 Å². The number of hydrogen-bond donors (Lipinski definition) is 1. The van der Waals surface area contributed by atoms with Crippen LogP contribution in [0.2, 0.25) is 0 Å². The van der Waals surface area contributed by atoms with Gasteiger partial charge in [-0.15, -0.1) is 0 Å². The summed E-state index contributed by atoms with van der Waals surface area (Å²) in [6.45, 7) is 5.39. The number of carbonyl (C=O) groups is 1. The Balaban J connectivity index is 2.57. The van der Waals surface area contributed by atoms with E-state index in [1.54, 1.807) is 27.0 Å². The van der Waals surface area contributed by atoms with Gasteiger partial charge in [0.05, 0.1) is 11.8 Å². The highest BCUT2D eigenvalue weighted by Gasteiger charge is 2.14. The van der Waals surface area contributed by atoms with Gasteiger partial charge < -0.3 is 4.74 Å². The molecule has 0 radical (unpaired) electrons. The Hall–Kier alpha value is -1.76. The second kappa shape index (κ2) is 3.97. The number of nitrogens with one attached hydrogen (secondary N) is 1. The summed E-state index contributed by atoms with van der Waals surface area (Å²) in [5, 5.41) is 6.29. The van der Waals surface area contributed by atoms with Crippen molar-refractivity contribution in [2.24, 2.45) is 0 Å². The minimum absolute atomic E-state index is 0.498. The van der Waals surface area contributed by atoms with E-state index in [9.17, 15) is 4.79 Å². The highest BCUT2D eigenvalue weighted by molar-refractivity contribution is 5.89. The Kier molecular flexibility index (Phi) is 2.92. The van der Waals surface area contributed by atoms with E-state index in [1.165, 1.54) is 6.20 Å². The Morgan fingerprint density at radius 1 is 1.57 bits per heavy atom. The zero-order valence-corrected chi connectivity index (χ0v) is 8.42. The Morgan fingerprint density at radius 3 is 2.79 bits per heavy atom. The fourth-order valence-corrected chi connectivity index (χ4v) is 0.746. The van der Waals surface area contributed by atoms with Crippen molar-refractivity contribution in [3.63, 3.8) is 0 Å². The largest absolute Gasteiger partial charge is 0.450 e. The van der Waals surface area contributed by atoms with Gasteiger partial charge in [0.15, 0.2) is 0 Å². The van der Waals surface area contributed by atoms with Gasteiger partial charge in [-0.1, -0.05) is 5.92 Å². The van der Waals surface area contributed by atoms with Crippen LogP contribution in [0.1, 0.15) is 26.3 Å². The van der Waals surface area contributed by atoms with Gasteiger partial charge in [0.25, 0.3) is 0 Å². The summed E-state index contributed by atoms with van der Waals surface area (Å²) in [6, 6.07) is 0. The average molecular weight is 192 g/mol. The van der Waals surface area contributed by atoms with Crippen molar-refractivity contribution in [1.29, 1.82) is 0 Å². The Morgan fingerprint density at radius 2 is 2.29 bits per heavy atom. The first kappa shape index (κ1) is 10.3.